The minimum absolute atomic E-state index is 0.0114. The van der Waals surface area contributed by atoms with Crippen molar-refractivity contribution in [3.05, 3.63) is 17.5 Å². The first-order chi connectivity index (χ1) is 11.6. The van der Waals surface area contributed by atoms with E-state index in [0.29, 0.717) is 25.6 Å². The van der Waals surface area contributed by atoms with Gasteiger partial charge in [-0.3, -0.25) is 9.48 Å². The van der Waals surface area contributed by atoms with E-state index in [-0.39, 0.29) is 12.0 Å². The summed E-state index contributed by atoms with van der Waals surface area (Å²) in [6, 6.07) is 0. The first kappa shape index (κ1) is 17.4. The number of hydrogen-bond acceptors (Lipinski definition) is 5. The normalized spacial score (nSPS) is 21.7. The number of carbonyl (C=O) groups excluding carboxylic acids is 1. The second-order valence-corrected chi connectivity index (χ2v) is 6.97. The fourth-order valence-electron chi connectivity index (χ4n) is 3.32. The molecule has 0 spiro atoms. The second-order valence-electron chi connectivity index (χ2n) is 6.97. The number of amides is 1. The lowest BCUT2D eigenvalue weighted by molar-refractivity contribution is -0.122. The molecule has 0 bridgehead atoms. The number of likely N-dealkylation sites (N-methyl/N-ethyl adjacent to an activating group) is 1. The van der Waals surface area contributed by atoms with E-state index in [9.17, 15) is 4.79 Å². The number of fused-ring (bicyclic) bond motifs is 1. The van der Waals surface area contributed by atoms with E-state index in [1.54, 1.807) is 0 Å². The first-order valence-electron chi connectivity index (χ1n) is 8.79. The molecule has 2 aliphatic rings. The Morgan fingerprint density at radius 1 is 1.38 bits per heavy atom. The summed E-state index contributed by atoms with van der Waals surface area (Å²) in [5.41, 5.74) is 2.23. The van der Waals surface area contributed by atoms with Crippen LogP contribution in [-0.4, -0.2) is 67.6 Å². The molecule has 1 fully saturated rings. The molecule has 1 aromatic heterocycles. The zero-order valence-electron chi connectivity index (χ0n) is 14.7. The van der Waals surface area contributed by atoms with Crippen molar-refractivity contribution in [2.24, 2.45) is 5.92 Å². The molecule has 1 aromatic rings. The smallest absolute Gasteiger partial charge is 0.234 e. The molecule has 1 amide bonds. The molecular formula is C17H28N4O3. The fraction of sp³-hybridized carbons (Fsp3) is 0.765. The van der Waals surface area contributed by atoms with E-state index in [1.807, 2.05) is 19.0 Å². The number of rotatable bonds is 6. The molecule has 3 rings (SSSR count). The lowest BCUT2D eigenvalue weighted by Crippen LogP contribution is -2.37. The predicted molar refractivity (Wildman–Crippen MR) is 89.7 cm³/mol. The highest BCUT2D eigenvalue weighted by molar-refractivity contribution is 5.77. The Labute approximate surface area is 143 Å². The molecule has 24 heavy (non-hydrogen) atoms. The van der Waals surface area contributed by atoms with Gasteiger partial charge < -0.3 is 19.7 Å². The Bertz CT molecular complexity index is 552. The van der Waals surface area contributed by atoms with Crippen LogP contribution in [0.3, 0.4) is 0 Å². The van der Waals surface area contributed by atoms with Crippen molar-refractivity contribution in [1.82, 2.24) is 20.0 Å². The second kappa shape index (κ2) is 8.09. The van der Waals surface area contributed by atoms with Crippen LogP contribution < -0.4 is 5.32 Å². The van der Waals surface area contributed by atoms with Crippen LogP contribution >= 0.6 is 0 Å². The third-order valence-corrected chi connectivity index (χ3v) is 4.60. The molecule has 134 valence electrons. The summed E-state index contributed by atoms with van der Waals surface area (Å²) in [5.74, 6) is 0.650. The van der Waals surface area contributed by atoms with Crippen molar-refractivity contribution >= 4 is 5.91 Å². The Balaban J connectivity index is 1.59. The minimum atomic E-state index is -0.143. The van der Waals surface area contributed by atoms with E-state index in [2.05, 4.69) is 16.2 Å². The van der Waals surface area contributed by atoms with Gasteiger partial charge in [-0.1, -0.05) is 0 Å². The van der Waals surface area contributed by atoms with Crippen LogP contribution in [0, 0.1) is 5.92 Å². The highest BCUT2D eigenvalue weighted by atomic mass is 16.5. The third-order valence-electron chi connectivity index (χ3n) is 4.60. The molecule has 0 unspecified atom stereocenters. The molecule has 7 heteroatoms. The molecule has 1 N–H and O–H groups in total. The van der Waals surface area contributed by atoms with Gasteiger partial charge in [0, 0.05) is 32.5 Å². The van der Waals surface area contributed by atoms with E-state index >= 15 is 0 Å². The van der Waals surface area contributed by atoms with Crippen LogP contribution in [0.4, 0.5) is 0 Å². The van der Waals surface area contributed by atoms with Gasteiger partial charge in [0.1, 0.15) is 6.10 Å². The Morgan fingerprint density at radius 3 is 2.92 bits per heavy atom. The number of nitrogens with zero attached hydrogens (tertiary/aromatic N) is 3. The number of aromatic nitrogens is 2. The van der Waals surface area contributed by atoms with Gasteiger partial charge in [0.2, 0.25) is 5.91 Å². The summed E-state index contributed by atoms with van der Waals surface area (Å²) in [4.78, 5) is 13.7. The maximum Gasteiger partial charge on any atom is 0.234 e. The molecule has 0 saturated carbocycles. The van der Waals surface area contributed by atoms with Crippen molar-refractivity contribution < 1.29 is 14.3 Å². The number of hydrogen-bond donors (Lipinski definition) is 1. The van der Waals surface area contributed by atoms with Gasteiger partial charge in [0.05, 0.1) is 18.8 Å². The zero-order chi connectivity index (χ0) is 16.9. The fourth-order valence-corrected chi connectivity index (χ4v) is 3.32. The molecular weight excluding hydrogens is 308 g/mol. The summed E-state index contributed by atoms with van der Waals surface area (Å²) >= 11 is 0. The Morgan fingerprint density at radius 2 is 2.17 bits per heavy atom. The summed E-state index contributed by atoms with van der Waals surface area (Å²) < 4.78 is 13.3. The van der Waals surface area contributed by atoms with Crippen LogP contribution in [0.25, 0.3) is 0 Å². The monoisotopic (exact) mass is 336 g/mol. The van der Waals surface area contributed by atoms with Crippen molar-refractivity contribution in [2.75, 3.05) is 47.0 Å². The number of ether oxygens (including phenoxy) is 2. The average Bonchev–Trinajstić information content (AvgIpc) is 2.96. The maximum absolute atomic E-state index is 11.8. The van der Waals surface area contributed by atoms with E-state index in [1.165, 1.54) is 5.56 Å². The van der Waals surface area contributed by atoms with Crippen molar-refractivity contribution in [3.63, 3.8) is 0 Å². The van der Waals surface area contributed by atoms with Gasteiger partial charge in [0.15, 0.2) is 0 Å². The molecule has 2 aliphatic heterocycles. The van der Waals surface area contributed by atoms with Crippen molar-refractivity contribution in [3.8, 4) is 0 Å². The standard InChI is InChI=1S/C17H28N4O3/c1-20(2)12-16(22)18-9-15-17-14(5-8-24-15)11-21(19-17)10-13-3-6-23-7-4-13/h11,13,15H,3-10,12H2,1-2H3,(H,18,22)/t15-/m0/s1. The van der Waals surface area contributed by atoms with Gasteiger partial charge in [-0.25, -0.2) is 0 Å². The predicted octanol–water partition coefficient (Wildman–Crippen LogP) is 0.601. The zero-order valence-corrected chi connectivity index (χ0v) is 14.7. The van der Waals surface area contributed by atoms with Crippen LogP contribution in [0.2, 0.25) is 0 Å². The Hall–Kier alpha value is -1.44. The first-order valence-corrected chi connectivity index (χ1v) is 8.79. The summed E-state index contributed by atoms with van der Waals surface area (Å²) in [6.45, 7) is 4.20. The summed E-state index contributed by atoms with van der Waals surface area (Å²) in [6.07, 6.45) is 5.11. The minimum Gasteiger partial charge on any atom is -0.381 e. The largest absolute Gasteiger partial charge is 0.381 e. The molecule has 0 aromatic carbocycles. The molecule has 1 atom stereocenters. The van der Waals surface area contributed by atoms with Gasteiger partial charge in [-0.05, 0) is 44.8 Å². The van der Waals surface area contributed by atoms with Gasteiger partial charge >= 0.3 is 0 Å². The summed E-state index contributed by atoms with van der Waals surface area (Å²) in [5, 5.41) is 7.70. The van der Waals surface area contributed by atoms with Crippen molar-refractivity contribution in [2.45, 2.75) is 31.9 Å². The highest BCUT2D eigenvalue weighted by Crippen LogP contribution is 2.26. The van der Waals surface area contributed by atoms with E-state index < -0.39 is 0 Å². The Kier molecular flexibility index (Phi) is 5.86. The molecule has 0 aliphatic carbocycles. The van der Waals surface area contributed by atoms with Gasteiger partial charge in [-0.2, -0.15) is 5.10 Å². The van der Waals surface area contributed by atoms with Gasteiger partial charge in [-0.15, -0.1) is 0 Å². The quantitative estimate of drug-likeness (QED) is 0.824. The van der Waals surface area contributed by atoms with Crippen LogP contribution in [-0.2, 0) is 27.2 Å². The molecule has 1 saturated heterocycles. The average molecular weight is 336 g/mol. The van der Waals surface area contributed by atoms with Crippen LogP contribution in [0.1, 0.15) is 30.2 Å². The SMILES string of the molecule is CN(C)CC(=O)NC[C@@H]1OCCc2cn(CC3CCOCC3)nc21. The maximum atomic E-state index is 11.8. The number of nitrogens with one attached hydrogen (secondary N) is 1. The number of carbonyl (C=O) groups is 1. The van der Waals surface area contributed by atoms with Crippen LogP contribution in [0.5, 0.6) is 0 Å². The van der Waals surface area contributed by atoms with E-state index in [0.717, 1.165) is 44.7 Å². The molecule has 7 nitrogen and oxygen atoms in total. The topological polar surface area (TPSA) is 68.6 Å². The van der Waals surface area contributed by atoms with Gasteiger partial charge in [0.25, 0.3) is 0 Å². The lowest BCUT2D eigenvalue weighted by atomic mass is 10.0. The highest BCUT2D eigenvalue weighted by Gasteiger charge is 2.26. The third kappa shape index (κ3) is 4.55. The summed E-state index contributed by atoms with van der Waals surface area (Å²) in [7, 11) is 3.76. The van der Waals surface area contributed by atoms with E-state index in [4.69, 9.17) is 14.6 Å². The molecule has 3 heterocycles. The van der Waals surface area contributed by atoms with Crippen LogP contribution in [0.15, 0.2) is 6.20 Å². The molecule has 0 radical (unpaired) electrons. The lowest BCUT2D eigenvalue weighted by Gasteiger charge is -2.23. The van der Waals surface area contributed by atoms with Crippen molar-refractivity contribution in [1.29, 1.82) is 0 Å².